The number of carbonyl (C=O) groups is 1. The summed E-state index contributed by atoms with van der Waals surface area (Å²) in [5, 5.41) is 9.86. The van der Waals surface area contributed by atoms with Crippen molar-refractivity contribution in [3.8, 4) is 0 Å². The van der Waals surface area contributed by atoms with Gasteiger partial charge in [-0.15, -0.1) is 10.2 Å². The van der Waals surface area contributed by atoms with Gasteiger partial charge in [0.2, 0.25) is 5.91 Å². The largest absolute Gasteiger partial charge is 0.312 e. The third-order valence-corrected chi connectivity index (χ3v) is 7.09. The van der Waals surface area contributed by atoms with E-state index in [9.17, 15) is 4.79 Å². The van der Waals surface area contributed by atoms with Crippen LogP contribution in [0.5, 0.6) is 0 Å². The second kappa shape index (κ2) is 11.5. The summed E-state index contributed by atoms with van der Waals surface area (Å²) in [6, 6.07) is 18.4. The van der Waals surface area contributed by atoms with E-state index in [1.54, 1.807) is 0 Å². The van der Waals surface area contributed by atoms with Gasteiger partial charge < -0.3 is 9.47 Å². The first-order chi connectivity index (χ1) is 16.2. The monoisotopic (exact) mass is 463 g/mol. The van der Waals surface area contributed by atoms with Crippen LogP contribution in [0.25, 0.3) is 0 Å². The van der Waals surface area contributed by atoms with Crippen LogP contribution in [0.1, 0.15) is 43.1 Å². The van der Waals surface area contributed by atoms with Gasteiger partial charge in [-0.1, -0.05) is 66.7 Å². The maximum Gasteiger partial charge on any atom is 0.237 e. The van der Waals surface area contributed by atoms with Gasteiger partial charge in [-0.3, -0.25) is 9.69 Å². The summed E-state index contributed by atoms with van der Waals surface area (Å²) in [5.41, 5.74) is 3.29. The van der Waals surface area contributed by atoms with Crippen molar-refractivity contribution in [2.24, 2.45) is 0 Å². The molecular weight excluding hydrogens is 430 g/mol. The lowest BCUT2D eigenvalue weighted by atomic mass is 10.1. The van der Waals surface area contributed by atoms with Crippen LogP contribution >= 0.6 is 11.8 Å². The quantitative estimate of drug-likeness (QED) is 0.428. The molecule has 1 aromatic heterocycles. The first-order valence-electron chi connectivity index (χ1n) is 11.8. The van der Waals surface area contributed by atoms with Crippen molar-refractivity contribution in [1.82, 2.24) is 19.7 Å². The highest BCUT2D eigenvalue weighted by molar-refractivity contribution is 7.99. The summed E-state index contributed by atoms with van der Waals surface area (Å²) in [6.07, 6.45) is 3.80. The summed E-state index contributed by atoms with van der Waals surface area (Å²) >= 11 is 1.48. The van der Waals surface area contributed by atoms with E-state index >= 15 is 0 Å². The summed E-state index contributed by atoms with van der Waals surface area (Å²) in [5.74, 6) is 1.39. The molecule has 174 valence electrons. The van der Waals surface area contributed by atoms with E-state index in [4.69, 9.17) is 0 Å². The molecule has 1 fully saturated rings. The van der Waals surface area contributed by atoms with Crippen LogP contribution in [0.3, 0.4) is 0 Å². The second-order valence-corrected chi connectivity index (χ2v) is 9.46. The van der Waals surface area contributed by atoms with Crippen LogP contribution < -0.4 is 4.90 Å². The number of benzene rings is 2. The van der Waals surface area contributed by atoms with Gasteiger partial charge >= 0.3 is 0 Å². The lowest BCUT2D eigenvalue weighted by Gasteiger charge is -2.26. The summed E-state index contributed by atoms with van der Waals surface area (Å²) in [6.45, 7) is 8.44. The number of likely N-dealkylation sites (tertiary alicyclic amines) is 1. The number of nitrogens with zero attached hydrogens (tertiary/aromatic N) is 5. The standard InChI is InChI=1S/C26H33N5OS/c1-3-30(23-15-9-8-12-21(23)2)25(32)20-33-26-28-27-24(19-29-16-10-5-11-17-29)31(26)18-22-13-6-4-7-14-22/h4,6-9,12-15H,3,5,10-11,16-20H2,1-2H3. The molecule has 0 radical (unpaired) electrons. The second-order valence-electron chi connectivity index (χ2n) is 8.52. The maximum atomic E-state index is 13.1. The third kappa shape index (κ3) is 6.03. The van der Waals surface area contributed by atoms with E-state index in [1.165, 1.54) is 36.6 Å². The van der Waals surface area contributed by atoms with Crippen molar-refractivity contribution in [3.05, 3.63) is 71.5 Å². The fourth-order valence-electron chi connectivity index (χ4n) is 4.34. The van der Waals surface area contributed by atoms with Gasteiger partial charge in [0.25, 0.3) is 0 Å². The molecular formula is C26H33N5OS. The lowest BCUT2D eigenvalue weighted by Crippen LogP contribution is -2.32. The molecule has 0 N–H and O–H groups in total. The van der Waals surface area contributed by atoms with E-state index in [0.29, 0.717) is 18.8 Å². The van der Waals surface area contributed by atoms with E-state index in [0.717, 1.165) is 41.9 Å². The van der Waals surface area contributed by atoms with Gasteiger partial charge in [0.15, 0.2) is 5.16 Å². The molecule has 6 nitrogen and oxygen atoms in total. The number of aryl methyl sites for hydroxylation is 1. The Hall–Kier alpha value is -2.64. The van der Waals surface area contributed by atoms with Crippen LogP contribution in [-0.4, -0.2) is 51.0 Å². The van der Waals surface area contributed by atoms with Crippen molar-refractivity contribution in [1.29, 1.82) is 0 Å². The molecule has 0 bridgehead atoms. The van der Waals surface area contributed by atoms with Crippen LogP contribution in [0.15, 0.2) is 59.8 Å². The van der Waals surface area contributed by atoms with Crippen LogP contribution in [0.4, 0.5) is 5.69 Å². The Morgan fingerprint density at radius 1 is 0.970 bits per heavy atom. The molecule has 3 aromatic rings. The van der Waals surface area contributed by atoms with Crippen molar-refractivity contribution in [3.63, 3.8) is 0 Å². The maximum absolute atomic E-state index is 13.1. The molecule has 0 atom stereocenters. The predicted octanol–water partition coefficient (Wildman–Crippen LogP) is 4.77. The van der Waals surface area contributed by atoms with E-state index in [2.05, 4.69) is 43.9 Å². The molecule has 1 saturated heterocycles. The van der Waals surface area contributed by atoms with E-state index in [-0.39, 0.29) is 5.91 Å². The predicted molar refractivity (Wildman–Crippen MR) is 135 cm³/mol. The highest BCUT2D eigenvalue weighted by Gasteiger charge is 2.21. The fraction of sp³-hybridized carbons (Fsp3) is 0.423. The molecule has 7 heteroatoms. The number of aromatic nitrogens is 3. The first-order valence-corrected chi connectivity index (χ1v) is 12.8. The Balaban J connectivity index is 1.51. The normalized spacial score (nSPS) is 14.4. The smallest absolute Gasteiger partial charge is 0.237 e. The molecule has 0 aliphatic carbocycles. The molecule has 0 spiro atoms. The number of piperidine rings is 1. The van der Waals surface area contributed by atoms with Gasteiger partial charge in [-0.25, -0.2) is 0 Å². The Bertz CT molecular complexity index is 1050. The number of hydrogen-bond donors (Lipinski definition) is 0. The minimum atomic E-state index is 0.0867. The third-order valence-electron chi connectivity index (χ3n) is 6.14. The number of anilines is 1. The van der Waals surface area contributed by atoms with Gasteiger partial charge in [-0.2, -0.15) is 0 Å². The summed E-state index contributed by atoms with van der Waals surface area (Å²) < 4.78 is 2.19. The Morgan fingerprint density at radius 2 is 1.70 bits per heavy atom. The minimum absolute atomic E-state index is 0.0867. The molecule has 2 heterocycles. The molecule has 0 unspecified atom stereocenters. The van der Waals surface area contributed by atoms with Crippen molar-refractivity contribution >= 4 is 23.4 Å². The average Bonchev–Trinajstić information content (AvgIpc) is 3.21. The number of rotatable bonds is 9. The van der Waals surface area contributed by atoms with Gasteiger partial charge in [0.05, 0.1) is 18.8 Å². The lowest BCUT2D eigenvalue weighted by molar-refractivity contribution is -0.116. The zero-order valence-electron chi connectivity index (χ0n) is 19.6. The summed E-state index contributed by atoms with van der Waals surface area (Å²) in [4.78, 5) is 17.5. The van der Waals surface area contributed by atoms with Crippen molar-refractivity contribution in [2.45, 2.75) is 51.4 Å². The molecule has 1 aliphatic rings. The Kier molecular flexibility index (Phi) is 8.18. The number of carbonyl (C=O) groups excluding carboxylic acids is 1. The van der Waals surface area contributed by atoms with Crippen LogP contribution in [-0.2, 0) is 17.9 Å². The fourth-order valence-corrected chi connectivity index (χ4v) is 5.17. The number of para-hydroxylation sites is 1. The minimum Gasteiger partial charge on any atom is -0.312 e. The van der Waals surface area contributed by atoms with Gasteiger partial charge in [0, 0.05) is 12.2 Å². The number of thioether (sulfide) groups is 1. The number of hydrogen-bond acceptors (Lipinski definition) is 5. The molecule has 0 saturated carbocycles. The van der Waals surface area contributed by atoms with E-state index < -0.39 is 0 Å². The molecule has 1 aliphatic heterocycles. The molecule has 33 heavy (non-hydrogen) atoms. The average molecular weight is 464 g/mol. The molecule has 1 amide bonds. The molecule has 2 aromatic carbocycles. The van der Waals surface area contributed by atoms with E-state index in [1.807, 2.05) is 49.1 Å². The zero-order chi connectivity index (χ0) is 23.0. The Morgan fingerprint density at radius 3 is 2.42 bits per heavy atom. The SMILES string of the molecule is CCN(C(=O)CSc1nnc(CN2CCCCC2)n1Cc1ccccc1)c1ccccc1C. The highest BCUT2D eigenvalue weighted by Crippen LogP contribution is 2.24. The van der Waals surface area contributed by atoms with Crippen LogP contribution in [0, 0.1) is 6.92 Å². The zero-order valence-corrected chi connectivity index (χ0v) is 20.4. The van der Waals surface area contributed by atoms with Crippen molar-refractivity contribution in [2.75, 3.05) is 30.3 Å². The van der Waals surface area contributed by atoms with Gasteiger partial charge in [-0.05, 0) is 57.0 Å². The topological polar surface area (TPSA) is 54.3 Å². The highest BCUT2D eigenvalue weighted by atomic mass is 32.2. The summed E-state index contributed by atoms with van der Waals surface area (Å²) in [7, 11) is 0. The van der Waals surface area contributed by atoms with Gasteiger partial charge in [0.1, 0.15) is 5.82 Å². The number of amides is 1. The van der Waals surface area contributed by atoms with Crippen LogP contribution in [0.2, 0.25) is 0 Å². The first kappa shape index (κ1) is 23.5. The van der Waals surface area contributed by atoms with Crippen molar-refractivity contribution < 1.29 is 4.79 Å². The Labute approximate surface area is 201 Å². The molecule has 4 rings (SSSR count).